The maximum atomic E-state index is 11.3. The van der Waals surface area contributed by atoms with Gasteiger partial charge in [0.15, 0.2) is 0 Å². The van der Waals surface area contributed by atoms with Gasteiger partial charge in [-0.25, -0.2) is 0 Å². The van der Waals surface area contributed by atoms with E-state index in [1.807, 2.05) is 20.8 Å². The summed E-state index contributed by atoms with van der Waals surface area (Å²) in [6.07, 6.45) is 1.96. The molecule has 0 aliphatic rings. The normalized spacial score (nSPS) is 13.9. The van der Waals surface area contributed by atoms with Crippen LogP contribution in [0.5, 0.6) is 0 Å². The predicted molar refractivity (Wildman–Crippen MR) is 58.0 cm³/mol. The molecule has 0 spiro atoms. The van der Waals surface area contributed by atoms with Crippen molar-refractivity contribution in [1.29, 1.82) is 0 Å². The summed E-state index contributed by atoms with van der Waals surface area (Å²) in [5.41, 5.74) is -0.375. The molecular formula is C10H19BrO2. The van der Waals surface area contributed by atoms with Gasteiger partial charge in [0.2, 0.25) is 0 Å². The standard InChI is InChI=1S/C10H19BrO2/c1-8(11)6-5-7-13-9(12)10(2,3)4/h8H,5-7H2,1-4H3. The van der Waals surface area contributed by atoms with E-state index in [1.165, 1.54) is 0 Å². The maximum Gasteiger partial charge on any atom is 0.311 e. The highest BCUT2D eigenvalue weighted by molar-refractivity contribution is 9.09. The molecule has 0 amide bonds. The third-order valence-corrected chi connectivity index (χ3v) is 2.05. The topological polar surface area (TPSA) is 26.3 Å². The number of carbonyl (C=O) groups excluding carboxylic acids is 1. The van der Waals surface area contributed by atoms with Gasteiger partial charge in [-0.15, -0.1) is 0 Å². The van der Waals surface area contributed by atoms with Crippen LogP contribution in [0.4, 0.5) is 0 Å². The zero-order valence-electron chi connectivity index (χ0n) is 8.89. The number of rotatable bonds is 4. The van der Waals surface area contributed by atoms with E-state index in [2.05, 4.69) is 22.9 Å². The molecule has 1 unspecified atom stereocenters. The summed E-state index contributed by atoms with van der Waals surface area (Å²) in [6, 6.07) is 0. The van der Waals surface area contributed by atoms with Crippen molar-refractivity contribution in [2.75, 3.05) is 6.61 Å². The molecule has 0 radical (unpaired) electrons. The van der Waals surface area contributed by atoms with E-state index in [9.17, 15) is 4.79 Å². The molecule has 0 aromatic rings. The predicted octanol–water partition coefficient (Wildman–Crippen LogP) is 3.14. The van der Waals surface area contributed by atoms with Crippen molar-refractivity contribution in [3.63, 3.8) is 0 Å². The Morgan fingerprint density at radius 2 is 2.00 bits per heavy atom. The quantitative estimate of drug-likeness (QED) is 0.436. The van der Waals surface area contributed by atoms with Crippen LogP contribution in [-0.4, -0.2) is 17.4 Å². The lowest BCUT2D eigenvalue weighted by Crippen LogP contribution is -2.23. The van der Waals surface area contributed by atoms with Crippen molar-refractivity contribution >= 4 is 21.9 Å². The minimum atomic E-state index is -0.375. The summed E-state index contributed by atoms with van der Waals surface area (Å²) in [6.45, 7) is 8.21. The summed E-state index contributed by atoms with van der Waals surface area (Å²) in [4.78, 5) is 11.8. The van der Waals surface area contributed by atoms with Crippen LogP contribution >= 0.6 is 15.9 Å². The van der Waals surface area contributed by atoms with Crippen LogP contribution in [0, 0.1) is 5.41 Å². The van der Waals surface area contributed by atoms with Crippen molar-refractivity contribution in [3.8, 4) is 0 Å². The number of esters is 1. The lowest BCUT2D eigenvalue weighted by atomic mass is 9.97. The maximum absolute atomic E-state index is 11.3. The average molecular weight is 251 g/mol. The molecule has 0 fully saturated rings. The first kappa shape index (κ1) is 12.9. The smallest absolute Gasteiger partial charge is 0.311 e. The Balaban J connectivity index is 3.49. The van der Waals surface area contributed by atoms with Gasteiger partial charge in [0.05, 0.1) is 12.0 Å². The molecule has 1 atom stereocenters. The van der Waals surface area contributed by atoms with E-state index in [-0.39, 0.29) is 11.4 Å². The van der Waals surface area contributed by atoms with E-state index >= 15 is 0 Å². The van der Waals surface area contributed by atoms with E-state index in [0.29, 0.717) is 11.4 Å². The summed E-state index contributed by atoms with van der Waals surface area (Å²) in [5.74, 6) is -0.116. The van der Waals surface area contributed by atoms with Crippen molar-refractivity contribution in [2.45, 2.75) is 45.4 Å². The number of carbonyl (C=O) groups is 1. The molecule has 0 aromatic carbocycles. The molecule has 3 heteroatoms. The Bertz CT molecular complexity index is 159. The van der Waals surface area contributed by atoms with Crippen LogP contribution in [0.15, 0.2) is 0 Å². The molecular weight excluding hydrogens is 232 g/mol. The Morgan fingerprint density at radius 3 is 2.38 bits per heavy atom. The second-order valence-electron chi connectivity index (χ2n) is 4.31. The first-order valence-corrected chi connectivity index (χ1v) is 5.57. The number of hydrogen-bond donors (Lipinski definition) is 0. The third kappa shape index (κ3) is 7.05. The highest BCUT2D eigenvalue weighted by Crippen LogP contribution is 2.15. The molecule has 0 rings (SSSR count). The second-order valence-corrected chi connectivity index (χ2v) is 5.87. The summed E-state index contributed by atoms with van der Waals surface area (Å²) < 4.78 is 5.10. The third-order valence-electron chi connectivity index (χ3n) is 1.59. The highest BCUT2D eigenvalue weighted by atomic mass is 79.9. The molecule has 0 aliphatic heterocycles. The first-order valence-electron chi connectivity index (χ1n) is 4.65. The van der Waals surface area contributed by atoms with Gasteiger partial charge < -0.3 is 4.74 Å². The van der Waals surface area contributed by atoms with Gasteiger partial charge in [-0.3, -0.25) is 4.79 Å². The van der Waals surface area contributed by atoms with Gasteiger partial charge in [-0.1, -0.05) is 22.9 Å². The van der Waals surface area contributed by atoms with E-state index in [4.69, 9.17) is 4.74 Å². The van der Waals surface area contributed by atoms with Crippen LogP contribution in [0.25, 0.3) is 0 Å². The Labute approximate surface area is 89.2 Å². The van der Waals surface area contributed by atoms with E-state index in [1.54, 1.807) is 0 Å². The van der Waals surface area contributed by atoms with Gasteiger partial charge in [-0.05, 0) is 33.6 Å². The lowest BCUT2D eigenvalue weighted by molar-refractivity contribution is -0.153. The molecule has 0 aliphatic carbocycles. The van der Waals surface area contributed by atoms with Crippen molar-refractivity contribution in [3.05, 3.63) is 0 Å². The Hall–Kier alpha value is -0.0500. The second kappa shape index (κ2) is 5.63. The Kier molecular flexibility index (Phi) is 5.61. The molecule has 0 saturated carbocycles. The molecule has 0 saturated heterocycles. The van der Waals surface area contributed by atoms with E-state index < -0.39 is 0 Å². The molecule has 0 heterocycles. The molecule has 0 bridgehead atoms. The SMILES string of the molecule is CC(Br)CCCOC(=O)C(C)(C)C. The van der Waals surface area contributed by atoms with Crippen molar-refractivity contribution < 1.29 is 9.53 Å². The fourth-order valence-corrected chi connectivity index (χ4v) is 1.07. The fraction of sp³-hybridized carbons (Fsp3) is 0.900. The largest absolute Gasteiger partial charge is 0.465 e. The van der Waals surface area contributed by atoms with Crippen molar-refractivity contribution in [2.24, 2.45) is 5.41 Å². The fourth-order valence-electron chi connectivity index (χ4n) is 0.746. The molecule has 2 nitrogen and oxygen atoms in total. The van der Waals surface area contributed by atoms with Gasteiger partial charge in [0.1, 0.15) is 0 Å². The zero-order chi connectivity index (χ0) is 10.5. The monoisotopic (exact) mass is 250 g/mol. The summed E-state index contributed by atoms with van der Waals surface area (Å²) in [5, 5.41) is 0. The molecule has 13 heavy (non-hydrogen) atoms. The van der Waals surface area contributed by atoms with Gasteiger partial charge >= 0.3 is 5.97 Å². The van der Waals surface area contributed by atoms with Crippen LogP contribution in [0.3, 0.4) is 0 Å². The highest BCUT2D eigenvalue weighted by Gasteiger charge is 2.22. The van der Waals surface area contributed by atoms with Crippen LogP contribution < -0.4 is 0 Å². The minimum Gasteiger partial charge on any atom is -0.465 e. The van der Waals surface area contributed by atoms with Crippen LogP contribution in [0.1, 0.15) is 40.5 Å². The number of alkyl halides is 1. The first-order chi connectivity index (χ1) is 5.84. The van der Waals surface area contributed by atoms with Gasteiger partial charge in [0.25, 0.3) is 0 Å². The summed E-state index contributed by atoms with van der Waals surface area (Å²) in [7, 11) is 0. The average Bonchev–Trinajstić information content (AvgIpc) is 1.95. The molecule has 0 aromatic heterocycles. The zero-order valence-corrected chi connectivity index (χ0v) is 10.5. The van der Waals surface area contributed by atoms with Gasteiger partial charge in [-0.2, -0.15) is 0 Å². The number of halogens is 1. The van der Waals surface area contributed by atoms with Gasteiger partial charge in [0, 0.05) is 4.83 Å². The van der Waals surface area contributed by atoms with Crippen LogP contribution in [-0.2, 0) is 9.53 Å². The Morgan fingerprint density at radius 1 is 1.46 bits per heavy atom. The minimum absolute atomic E-state index is 0.116. The summed E-state index contributed by atoms with van der Waals surface area (Å²) >= 11 is 3.44. The van der Waals surface area contributed by atoms with E-state index in [0.717, 1.165) is 12.8 Å². The molecule has 0 N–H and O–H groups in total. The number of hydrogen-bond acceptors (Lipinski definition) is 2. The van der Waals surface area contributed by atoms with Crippen LogP contribution in [0.2, 0.25) is 0 Å². The lowest BCUT2D eigenvalue weighted by Gasteiger charge is -2.16. The molecule has 78 valence electrons. The van der Waals surface area contributed by atoms with Crippen molar-refractivity contribution in [1.82, 2.24) is 0 Å². The number of ether oxygens (including phenoxy) is 1.